The summed E-state index contributed by atoms with van der Waals surface area (Å²) in [5.74, 6) is 0.796. The molecule has 0 fully saturated rings. The third-order valence-electron chi connectivity index (χ3n) is 4.19. The summed E-state index contributed by atoms with van der Waals surface area (Å²) in [7, 11) is -3.24. The Labute approximate surface area is 143 Å². The average molecular weight is 346 g/mol. The average Bonchev–Trinajstić information content (AvgIpc) is 2.94. The minimum Gasteiger partial charge on any atom is -0.489 e. The molecule has 2 aromatic rings. The quantitative estimate of drug-likeness (QED) is 0.872. The summed E-state index contributed by atoms with van der Waals surface area (Å²) < 4.78 is 32.7. The van der Waals surface area contributed by atoms with Gasteiger partial charge in [0.05, 0.1) is 5.25 Å². The predicted molar refractivity (Wildman–Crippen MR) is 93.4 cm³/mol. The molecule has 3 rings (SSSR count). The number of ether oxygens (including phenoxy) is 1. The molecule has 0 bridgehead atoms. The van der Waals surface area contributed by atoms with Crippen LogP contribution in [-0.2, 0) is 29.5 Å². The molecule has 0 radical (unpaired) electrons. The van der Waals surface area contributed by atoms with Gasteiger partial charge in [0.15, 0.2) is 0 Å². The lowest BCUT2D eigenvalue weighted by molar-refractivity contribution is 0.305. The van der Waals surface area contributed by atoms with E-state index in [0.29, 0.717) is 13.0 Å². The zero-order chi connectivity index (χ0) is 17.2. The number of nitrogens with one attached hydrogen (secondary N) is 1. The SMILES string of the molecule is CC(C)S(=O)(=O)N[C@H]1Cc2ccc(OCc3cccnc3)cc2C1. The molecule has 128 valence electrons. The van der Waals surface area contributed by atoms with E-state index in [9.17, 15) is 8.42 Å². The van der Waals surface area contributed by atoms with Gasteiger partial charge in [0.25, 0.3) is 0 Å². The fourth-order valence-electron chi connectivity index (χ4n) is 2.79. The molecule has 1 atom stereocenters. The second-order valence-corrected chi connectivity index (χ2v) is 8.67. The van der Waals surface area contributed by atoms with Gasteiger partial charge in [-0.3, -0.25) is 4.98 Å². The maximum atomic E-state index is 12.0. The molecule has 0 unspecified atom stereocenters. The first-order valence-electron chi connectivity index (χ1n) is 8.08. The van der Waals surface area contributed by atoms with Gasteiger partial charge in [0.2, 0.25) is 10.0 Å². The Kier molecular flexibility index (Phi) is 4.87. The van der Waals surface area contributed by atoms with E-state index >= 15 is 0 Å². The number of hydrogen-bond donors (Lipinski definition) is 1. The predicted octanol–water partition coefficient (Wildman–Crippen LogP) is 2.46. The summed E-state index contributed by atoms with van der Waals surface area (Å²) in [5.41, 5.74) is 3.34. The van der Waals surface area contributed by atoms with Gasteiger partial charge in [-0.2, -0.15) is 0 Å². The van der Waals surface area contributed by atoms with Crippen LogP contribution in [0.25, 0.3) is 0 Å². The number of pyridine rings is 1. The second kappa shape index (κ2) is 6.91. The van der Waals surface area contributed by atoms with Gasteiger partial charge in [-0.1, -0.05) is 12.1 Å². The summed E-state index contributed by atoms with van der Waals surface area (Å²) >= 11 is 0. The molecule has 1 aliphatic carbocycles. The van der Waals surface area contributed by atoms with Crippen molar-refractivity contribution in [2.24, 2.45) is 0 Å². The van der Waals surface area contributed by atoms with Crippen molar-refractivity contribution >= 4 is 10.0 Å². The van der Waals surface area contributed by atoms with Crippen LogP contribution in [0.2, 0.25) is 0 Å². The van der Waals surface area contributed by atoms with Crippen LogP contribution in [0.4, 0.5) is 0 Å². The van der Waals surface area contributed by atoms with E-state index in [-0.39, 0.29) is 6.04 Å². The Balaban J connectivity index is 1.64. The van der Waals surface area contributed by atoms with Crippen molar-refractivity contribution in [1.82, 2.24) is 9.71 Å². The van der Waals surface area contributed by atoms with Crippen LogP contribution in [0.3, 0.4) is 0 Å². The van der Waals surface area contributed by atoms with E-state index in [1.165, 1.54) is 5.56 Å². The summed E-state index contributed by atoms with van der Waals surface area (Å²) in [5, 5.41) is -0.417. The summed E-state index contributed by atoms with van der Waals surface area (Å²) in [6.07, 6.45) is 4.94. The number of nitrogens with zero attached hydrogens (tertiary/aromatic N) is 1. The molecular weight excluding hydrogens is 324 g/mol. The second-order valence-electron chi connectivity index (χ2n) is 6.40. The first kappa shape index (κ1) is 16.9. The van der Waals surface area contributed by atoms with Crippen LogP contribution in [0.5, 0.6) is 5.75 Å². The molecule has 0 saturated carbocycles. The van der Waals surface area contributed by atoms with Crippen molar-refractivity contribution in [2.75, 3.05) is 0 Å². The van der Waals surface area contributed by atoms with E-state index in [1.807, 2.05) is 30.3 Å². The number of benzene rings is 1. The molecule has 0 aliphatic heterocycles. The Morgan fingerprint density at radius 3 is 2.75 bits per heavy atom. The van der Waals surface area contributed by atoms with Crippen molar-refractivity contribution in [2.45, 2.75) is 44.6 Å². The van der Waals surface area contributed by atoms with Crippen LogP contribution in [0, 0.1) is 0 Å². The third kappa shape index (κ3) is 3.94. The van der Waals surface area contributed by atoms with Crippen LogP contribution in [-0.4, -0.2) is 24.7 Å². The summed E-state index contributed by atoms with van der Waals surface area (Å²) in [6, 6.07) is 9.76. The first-order chi connectivity index (χ1) is 11.4. The lowest BCUT2D eigenvalue weighted by Gasteiger charge is -2.14. The van der Waals surface area contributed by atoms with Crippen LogP contribution >= 0.6 is 0 Å². The fraction of sp³-hybridized carbons (Fsp3) is 0.389. The number of fused-ring (bicyclic) bond motifs is 1. The zero-order valence-corrected chi connectivity index (χ0v) is 14.7. The highest BCUT2D eigenvalue weighted by Crippen LogP contribution is 2.27. The zero-order valence-electron chi connectivity index (χ0n) is 13.9. The Morgan fingerprint density at radius 1 is 1.25 bits per heavy atom. The lowest BCUT2D eigenvalue weighted by Crippen LogP contribution is -2.39. The van der Waals surface area contributed by atoms with Gasteiger partial charge in [0, 0.05) is 24.0 Å². The smallest absolute Gasteiger partial charge is 0.214 e. The molecule has 1 aliphatic rings. The van der Waals surface area contributed by atoms with Gasteiger partial charge < -0.3 is 4.74 Å². The van der Waals surface area contributed by atoms with Crippen molar-refractivity contribution in [3.05, 3.63) is 59.4 Å². The number of aromatic nitrogens is 1. The molecule has 1 aromatic heterocycles. The van der Waals surface area contributed by atoms with Gasteiger partial charge in [-0.25, -0.2) is 13.1 Å². The van der Waals surface area contributed by atoms with Crippen molar-refractivity contribution in [3.63, 3.8) is 0 Å². The minimum absolute atomic E-state index is 0.0685. The maximum absolute atomic E-state index is 12.0. The first-order valence-corrected chi connectivity index (χ1v) is 9.63. The Morgan fingerprint density at radius 2 is 2.04 bits per heavy atom. The molecule has 0 amide bonds. The standard InChI is InChI=1S/C18H22N2O3S/c1-13(2)24(21,22)20-17-8-15-5-6-18(10-16(15)9-17)23-12-14-4-3-7-19-11-14/h3-7,10-11,13,17,20H,8-9,12H2,1-2H3/t17-/m0/s1. The highest BCUT2D eigenvalue weighted by atomic mass is 32.2. The monoisotopic (exact) mass is 346 g/mol. The minimum atomic E-state index is -3.24. The van der Waals surface area contributed by atoms with Crippen LogP contribution in [0.15, 0.2) is 42.7 Å². The van der Waals surface area contributed by atoms with Gasteiger partial charge in [-0.15, -0.1) is 0 Å². The van der Waals surface area contributed by atoms with E-state index < -0.39 is 15.3 Å². The molecule has 1 aromatic carbocycles. The maximum Gasteiger partial charge on any atom is 0.214 e. The van der Waals surface area contributed by atoms with Crippen molar-refractivity contribution in [1.29, 1.82) is 0 Å². The van der Waals surface area contributed by atoms with E-state index in [2.05, 4.69) is 9.71 Å². The highest BCUT2D eigenvalue weighted by molar-refractivity contribution is 7.90. The van der Waals surface area contributed by atoms with E-state index in [1.54, 1.807) is 26.2 Å². The summed E-state index contributed by atoms with van der Waals surface area (Å²) in [4.78, 5) is 4.07. The number of sulfonamides is 1. The van der Waals surface area contributed by atoms with Crippen molar-refractivity contribution in [3.8, 4) is 5.75 Å². The molecule has 0 saturated heterocycles. The Hall–Kier alpha value is -1.92. The highest BCUT2D eigenvalue weighted by Gasteiger charge is 2.27. The summed E-state index contributed by atoms with van der Waals surface area (Å²) in [6.45, 7) is 3.85. The van der Waals surface area contributed by atoms with Gasteiger partial charge in [-0.05, 0) is 56.0 Å². The van der Waals surface area contributed by atoms with E-state index in [0.717, 1.165) is 23.3 Å². The molecule has 6 heteroatoms. The topological polar surface area (TPSA) is 68.3 Å². The number of hydrogen-bond acceptors (Lipinski definition) is 4. The number of rotatable bonds is 6. The molecule has 1 heterocycles. The molecule has 24 heavy (non-hydrogen) atoms. The largest absolute Gasteiger partial charge is 0.489 e. The fourth-order valence-corrected chi connectivity index (χ4v) is 3.69. The lowest BCUT2D eigenvalue weighted by atomic mass is 10.1. The normalized spacial score (nSPS) is 17.0. The van der Waals surface area contributed by atoms with Crippen LogP contribution < -0.4 is 9.46 Å². The Bertz CT molecular complexity index is 804. The van der Waals surface area contributed by atoms with Gasteiger partial charge in [0.1, 0.15) is 12.4 Å². The van der Waals surface area contributed by atoms with E-state index in [4.69, 9.17) is 4.74 Å². The molecule has 5 nitrogen and oxygen atoms in total. The van der Waals surface area contributed by atoms with Crippen LogP contribution in [0.1, 0.15) is 30.5 Å². The molecule has 0 spiro atoms. The van der Waals surface area contributed by atoms with Crippen molar-refractivity contribution < 1.29 is 13.2 Å². The van der Waals surface area contributed by atoms with Gasteiger partial charge >= 0.3 is 0 Å². The molecular formula is C18H22N2O3S. The third-order valence-corrected chi connectivity index (χ3v) is 6.09. The molecule has 1 N–H and O–H groups in total.